The van der Waals surface area contributed by atoms with Gasteiger partial charge in [0, 0.05) is 12.7 Å². The van der Waals surface area contributed by atoms with Gasteiger partial charge in [-0.15, -0.1) is 0 Å². The van der Waals surface area contributed by atoms with E-state index in [0.29, 0.717) is 29.4 Å². The molecule has 0 radical (unpaired) electrons. The van der Waals surface area contributed by atoms with Crippen LogP contribution < -0.4 is 5.32 Å². The Bertz CT molecular complexity index is 1120. The van der Waals surface area contributed by atoms with Gasteiger partial charge >= 0.3 is 0 Å². The van der Waals surface area contributed by atoms with Crippen LogP contribution in [0.3, 0.4) is 0 Å². The second kappa shape index (κ2) is 8.32. The van der Waals surface area contributed by atoms with Gasteiger partial charge in [0.2, 0.25) is 0 Å². The fraction of sp³-hybridized carbons (Fsp3) is 0.136. The minimum atomic E-state index is -0.231. The quantitative estimate of drug-likeness (QED) is 0.527. The van der Waals surface area contributed by atoms with Gasteiger partial charge in [-0.1, -0.05) is 48.0 Å². The van der Waals surface area contributed by atoms with Crippen molar-refractivity contribution in [2.45, 2.75) is 13.3 Å². The molecule has 0 aliphatic heterocycles. The SMILES string of the molecule is Cc1nn(-c2ccccc2)c(Cl)c1C(=O)NCCc1cnn(-c2ccccc2)c1. The van der Waals surface area contributed by atoms with E-state index in [4.69, 9.17) is 11.6 Å². The van der Waals surface area contributed by atoms with Crippen LogP contribution in [0.25, 0.3) is 11.4 Å². The molecule has 0 atom stereocenters. The molecular weight excluding hydrogens is 386 g/mol. The molecule has 0 saturated carbocycles. The van der Waals surface area contributed by atoms with E-state index in [-0.39, 0.29) is 5.91 Å². The van der Waals surface area contributed by atoms with Gasteiger partial charge < -0.3 is 5.32 Å². The zero-order valence-corrected chi connectivity index (χ0v) is 16.7. The van der Waals surface area contributed by atoms with E-state index in [1.807, 2.05) is 77.7 Å². The van der Waals surface area contributed by atoms with Crippen LogP contribution in [0.2, 0.25) is 5.15 Å². The van der Waals surface area contributed by atoms with Gasteiger partial charge in [-0.25, -0.2) is 9.36 Å². The average Bonchev–Trinajstić information content (AvgIpc) is 3.33. The number of hydrogen-bond donors (Lipinski definition) is 1. The van der Waals surface area contributed by atoms with Crippen LogP contribution in [0.5, 0.6) is 0 Å². The van der Waals surface area contributed by atoms with E-state index in [2.05, 4.69) is 15.5 Å². The molecule has 4 aromatic rings. The molecule has 0 unspecified atom stereocenters. The van der Waals surface area contributed by atoms with Gasteiger partial charge in [0.05, 0.1) is 28.8 Å². The molecule has 7 heteroatoms. The van der Waals surface area contributed by atoms with Gasteiger partial charge in [0.1, 0.15) is 5.15 Å². The largest absolute Gasteiger partial charge is 0.352 e. The lowest BCUT2D eigenvalue weighted by molar-refractivity contribution is 0.0953. The topological polar surface area (TPSA) is 64.7 Å². The Morgan fingerprint density at radius 3 is 2.38 bits per heavy atom. The lowest BCUT2D eigenvalue weighted by atomic mass is 10.2. The third-order valence-electron chi connectivity index (χ3n) is 4.59. The molecule has 146 valence electrons. The molecule has 1 N–H and O–H groups in total. The first-order chi connectivity index (χ1) is 14.1. The van der Waals surface area contributed by atoms with Gasteiger partial charge in [0.25, 0.3) is 5.91 Å². The summed E-state index contributed by atoms with van der Waals surface area (Å²) in [6, 6.07) is 19.4. The highest BCUT2D eigenvalue weighted by atomic mass is 35.5. The summed E-state index contributed by atoms with van der Waals surface area (Å²) < 4.78 is 3.40. The number of halogens is 1. The van der Waals surface area contributed by atoms with Crippen molar-refractivity contribution < 1.29 is 4.79 Å². The second-order valence-corrected chi connectivity index (χ2v) is 6.99. The van der Waals surface area contributed by atoms with E-state index in [0.717, 1.165) is 16.9 Å². The van der Waals surface area contributed by atoms with Crippen molar-refractivity contribution in [1.82, 2.24) is 24.9 Å². The maximum atomic E-state index is 12.7. The summed E-state index contributed by atoms with van der Waals surface area (Å²) in [4.78, 5) is 12.7. The second-order valence-electron chi connectivity index (χ2n) is 6.63. The van der Waals surface area contributed by atoms with Crippen LogP contribution in [0.4, 0.5) is 0 Å². The zero-order chi connectivity index (χ0) is 20.2. The van der Waals surface area contributed by atoms with E-state index >= 15 is 0 Å². The van der Waals surface area contributed by atoms with Crippen molar-refractivity contribution in [2.24, 2.45) is 0 Å². The number of carbonyl (C=O) groups is 1. The minimum absolute atomic E-state index is 0.231. The number of aryl methyl sites for hydroxylation is 1. The fourth-order valence-electron chi connectivity index (χ4n) is 3.12. The molecule has 6 nitrogen and oxygen atoms in total. The van der Waals surface area contributed by atoms with Gasteiger partial charge in [-0.05, 0) is 43.2 Å². The Balaban J connectivity index is 1.41. The molecule has 0 fully saturated rings. The fourth-order valence-corrected chi connectivity index (χ4v) is 3.48. The standard InChI is InChI=1S/C22H20ClN5O/c1-16-20(21(23)28(26-16)19-10-6-3-7-11-19)22(29)24-13-12-17-14-25-27(15-17)18-8-4-2-5-9-18/h2-11,14-15H,12-13H2,1H3,(H,24,29). The molecule has 0 bridgehead atoms. The first kappa shape index (κ1) is 19.0. The van der Waals surface area contributed by atoms with Crippen LogP contribution >= 0.6 is 11.6 Å². The number of amides is 1. The molecule has 0 spiro atoms. The highest BCUT2D eigenvalue weighted by molar-refractivity contribution is 6.33. The summed E-state index contributed by atoms with van der Waals surface area (Å²) in [7, 11) is 0. The van der Waals surface area contributed by atoms with Crippen LogP contribution in [0.15, 0.2) is 73.1 Å². The van der Waals surface area contributed by atoms with Crippen molar-refractivity contribution in [1.29, 1.82) is 0 Å². The lowest BCUT2D eigenvalue weighted by Gasteiger charge is -2.05. The van der Waals surface area contributed by atoms with Crippen LogP contribution in [-0.4, -0.2) is 32.0 Å². The van der Waals surface area contributed by atoms with Crippen LogP contribution in [0, 0.1) is 6.92 Å². The van der Waals surface area contributed by atoms with E-state index in [1.165, 1.54) is 0 Å². The Labute approximate surface area is 173 Å². The van der Waals surface area contributed by atoms with Crippen molar-refractivity contribution in [3.63, 3.8) is 0 Å². The number of benzene rings is 2. The molecule has 1 amide bonds. The van der Waals surface area contributed by atoms with Gasteiger partial charge in [-0.2, -0.15) is 10.2 Å². The summed E-state index contributed by atoms with van der Waals surface area (Å²) in [6.45, 7) is 2.26. The molecule has 0 saturated heterocycles. The Kier molecular flexibility index (Phi) is 5.44. The third-order valence-corrected chi connectivity index (χ3v) is 4.94. The normalized spacial score (nSPS) is 10.8. The van der Waals surface area contributed by atoms with Crippen LogP contribution in [0.1, 0.15) is 21.6 Å². The molecule has 29 heavy (non-hydrogen) atoms. The molecule has 0 aliphatic rings. The lowest BCUT2D eigenvalue weighted by Crippen LogP contribution is -2.26. The number of hydrogen-bond acceptors (Lipinski definition) is 3. The highest BCUT2D eigenvalue weighted by Crippen LogP contribution is 2.23. The predicted octanol–water partition coefficient (Wildman–Crippen LogP) is 3.99. The monoisotopic (exact) mass is 405 g/mol. The summed E-state index contributed by atoms with van der Waals surface area (Å²) in [5.41, 5.74) is 3.84. The van der Waals surface area contributed by atoms with E-state index in [1.54, 1.807) is 11.6 Å². The summed E-state index contributed by atoms with van der Waals surface area (Å²) in [5, 5.41) is 12.0. The van der Waals surface area contributed by atoms with Gasteiger partial charge in [-0.3, -0.25) is 4.79 Å². The first-order valence-corrected chi connectivity index (χ1v) is 9.69. The molecule has 2 aromatic heterocycles. The molecule has 2 aromatic carbocycles. The summed E-state index contributed by atoms with van der Waals surface area (Å²) >= 11 is 6.45. The number of para-hydroxylation sites is 2. The molecule has 0 aliphatic carbocycles. The van der Waals surface area contributed by atoms with Crippen molar-refractivity contribution >= 4 is 17.5 Å². The maximum absolute atomic E-state index is 12.7. The maximum Gasteiger partial charge on any atom is 0.256 e. The van der Waals surface area contributed by atoms with Crippen molar-refractivity contribution in [2.75, 3.05) is 6.54 Å². The average molecular weight is 406 g/mol. The highest BCUT2D eigenvalue weighted by Gasteiger charge is 2.20. The molecular formula is C22H20ClN5O. The number of rotatable bonds is 6. The number of carbonyl (C=O) groups excluding carboxylic acids is 1. The van der Waals surface area contributed by atoms with E-state index < -0.39 is 0 Å². The van der Waals surface area contributed by atoms with E-state index in [9.17, 15) is 4.79 Å². The molecule has 4 rings (SSSR count). The molecule has 2 heterocycles. The Hall–Kier alpha value is -3.38. The Morgan fingerprint density at radius 2 is 1.69 bits per heavy atom. The minimum Gasteiger partial charge on any atom is -0.352 e. The predicted molar refractivity (Wildman–Crippen MR) is 113 cm³/mol. The number of nitrogens with one attached hydrogen (secondary N) is 1. The number of aromatic nitrogens is 4. The van der Waals surface area contributed by atoms with Gasteiger partial charge in [0.15, 0.2) is 0 Å². The summed E-state index contributed by atoms with van der Waals surface area (Å²) in [5.74, 6) is -0.231. The summed E-state index contributed by atoms with van der Waals surface area (Å²) in [6.07, 6.45) is 4.44. The van der Waals surface area contributed by atoms with Crippen LogP contribution in [-0.2, 0) is 6.42 Å². The first-order valence-electron chi connectivity index (χ1n) is 9.31. The van der Waals surface area contributed by atoms with Crippen molar-refractivity contribution in [3.05, 3.63) is 95.0 Å². The Morgan fingerprint density at radius 1 is 1.03 bits per heavy atom. The smallest absolute Gasteiger partial charge is 0.256 e. The third kappa shape index (κ3) is 4.07. The zero-order valence-electron chi connectivity index (χ0n) is 15.9. The van der Waals surface area contributed by atoms with Crippen molar-refractivity contribution in [3.8, 4) is 11.4 Å². The number of nitrogens with zero attached hydrogens (tertiary/aromatic N) is 4.